The van der Waals surface area contributed by atoms with Gasteiger partial charge in [-0.15, -0.1) is 0 Å². The van der Waals surface area contributed by atoms with Crippen LogP contribution < -0.4 is 0 Å². The number of allylic oxidation sites excluding steroid dienone is 3. The van der Waals surface area contributed by atoms with Crippen LogP contribution in [0, 0.1) is 5.92 Å². The number of unbranched alkanes of at least 4 members (excludes halogenated alkanes) is 1. The molecule has 18 heavy (non-hydrogen) atoms. The Hall–Kier alpha value is -0.560. The van der Waals surface area contributed by atoms with Crippen LogP contribution in [-0.2, 0) is 4.74 Å². The van der Waals surface area contributed by atoms with E-state index in [-0.39, 0.29) is 5.60 Å². The summed E-state index contributed by atoms with van der Waals surface area (Å²) in [4.78, 5) is 0. The first-order valence-corrected chi connectivity index (χ1v) is 7.62. The molecule has 0 saturated carbocycles. The second kappa shape index (κ2) is 7.13. The van der Waals surface area contributed by atoms with E-state index >= 15 is 0 Å². The lowest BCUT2D eigenvalue weighted by molar-refractivity contribution is 0.00344. The molecule has 1 atom stereocenters. The van der Waals surface area contributed by atoms with E-state index in [0.29, 0.717) is 5.92 Å². The van der Waals surface area contributed by atoms with E-state index in [2.05, 4.69) is 46.8 Å². The summed E-state index contributed by atoms with van der Waals surface area (Å²) in [5.74, 6) is 0.599. The highest BCUT2D eigenvalue weighted by atomic mass is 16.5. The van der Waals surface area contributed by atoms with Crippen molar-refractivity contribution in [3.63, 3.8) is 0 Å². The third kappa shape index (κ3) is 3.71. The van der Waals surface area contributed by atoms with Gasteiger partial charge >= 0.3 is 0 Å². The molecule has 0 bridgehead atoms. The fraction of sp³-hybridized carbons (Fsp3) is 0.765. The summed E-state index contributed by atoms with van der Waals surface area (Å²) in [7, 11) is 0. The molecule has 104 valence electrons. The van der Waals surface area contributed by atoms with E-state index in [1.165, 1.54) is 30.4 Å². The van der Waals surface area contributed by atoms with Gasteiger partial charge in [0.05, 0.1) is 5.60 Å². The van der Waals surface area contributed by atoms with E-state index in [4.69, 9.17) is 4.74 Å². The molecule has 0 amide bonds. The van der Waals surface area contributed by atoms with Gasteiger partial charge in [0, 0.05) is 12.5 Å². The number of hydrogen-bond donors (Lipinski definition) is 0. The standard InChI is InChI=1S/C17H30O/c1-6-9-13-18-17(4,5)16-14(8-3)11-12-15(16)10-7-2/h11-12,15H,6-10,13H2,1-5H3. The number of rotatable bonds is 8. The summed E-state index contributed by atoms with van der Waals surface area (Å²) in [6.45, 7) is 12.1. The minimum atomic E-state index is -0.107. The zero-order chi connectivity index (χ0) is 13.6. The Bertz CT molecular complexity index is 310. The average Bonchev–Trinajstić information content (AvgIpc) is 2.73. The summed E-state index contributed by atoms with van der Waals surface area (Å²) in [5.41, 5.74) is 2.92. The van der Waals surface area contributed by atoms with Gasteiger partial charge in [-0.3, -0.25) is 0 Å². The van der Waals surface area contributed by atoms with Crippen molar-refractivity contribution in [1.82, 2.24) is 0 Å². The largest absolute Gasteiger partial charge is 0.371 e. The van der Waals surface area contributed by atoms with Crippen LogP contribution in [0.2, 0.25) is 0 Å². The third-order valence-electron chi connectivity index (χ3n) is 3.84. The molecule has 0 N–H and O–H groups in total. The molecule has 0 spiro atoms. The molecular weight excluding hydrogens is 220 g/mol. The molecule has 0 aromatic carbocycles. The van der Waals surface area contributed by atoms with Crippen LogP contribution >= 0.6 is 0 Å². The van der Waals surface area contributed by atoms with E-state index < -0.39 is 0 Å². The molecule has 0 radical (unpaired) electrons. The van der Waals surface area contributed by atoms with Gasteiger partial charge in [0.25, 0.3) is 0 Å². The van der Waals surface area contributed by atoms with Crippen molar-refractivity contribution >= 4 is 0 Å². The maximum Gasteiger partial charge on any atom is 0.0846 e. The molecule has 1 heteroatoms. The Kier molecular flexibility index (Phi) is 6.14. The van der Waals surface area contributed by atoms with Crippen LogP contribution in [0.5, 0.6) is 0 Å². The molecule has 0 aliphatic heterocycles. The van der Waals surface area contributed by atoms with Gasteiger partial charge in [0.2, 0.25) is 0 Å². The first-order valence-electron chi connectivity index (χ1n) is 7.62. The SMILES string of the molecule is CCCCOC(C)(C)C1=C(CC)C=CC1CCC. The maximum absolute atomic E-state index is 6.16. The summed E-state index contributed by atoms with van der Waals surface area (Å²) >= 11 is 0. The highest BCUT2D eigenvalue weighted by Gasteiger charge is 2.32. The lowest BCUT2D eigenvalue weighted by Gasteiger charge is -2.32. The number of ether oxygens (including phenoxy) is 1. The molecule has 0 aromatic heterocycles. The minimum Gasteiger partial charge on any atom is -0.371 e. The van der Waals surface area contributed by atoms with Crippen molar-refractivity contribution in [1.29, 1.82) is 0 Å². The van der Waals surface area contributed by atoms with Crippen molar-refractivity contribution in [2.24, 2.45) is 5.92 Å². The van der Waals surface area contributed by atoms with Crippen molar-refractivity contribution in [3.8, 4) is 0 Å². The predicted molar refractivity (Wildman–Crippen MR) is 79.8 cm³/mol. The topological polar surface area (TPSA) is 9.23 Å². The average molecular weight is 250 g/mol. The Morgan fingerprint density at radius 3 is 2.44 bits per heavy atom. The van der Waals surface area contributed by atoms with E-state index in [1.54, 1.807) is 0 Å². The molecule has 0 aromatic rings. The molecule has 1 rings (SSSR count). The summed E-state index contributed by atoms with van der Waals surface area (Å²) in [5, 5.41) is 0. The molecule has 0 heterocycles. The fourth-order valence-electron chi connectivity index (χ4n) is 2.90. The normalized spacial score (nSPS) is 19.9. The van der Waals surface area contributed by atoms with Crippen LogP contribution in [0.25, 0.3) is 0 Å². The lowest BCUT2D eigenvalue weighted by atomic mass is 9.84. The van der Waals surface area contributed by atoms with Gasteiger partial charge in [0.15, 0.2) is 0 Å². The second-order valence-corrected chi connectivity index (χ2v) is 5.76. The molecular formula is C17H30O. The zero-order valence-corrected chi connectivity index (χ0v) is 12.9. The molecule has 1 aliphatic carbocycles. The highest BCUT2D eigenvalue weighted by molar-refractivity contribution is 5.41. The molecule has 0 fully saturated rings. The van der Waals surface area contributed by atoms with Crippen molar-refractivity contribution in [3.05, 3.63) is 23.3 Å². The van der Waals surface area contributed by atoms with Crippen LogP contribution in [0.3, 0.4) is 0 Å². The smallest absolute Gasteiger partial charge is 0.0846 e. The molecule has 0 saturated heterocycles. The Morgan fingerprint density at radius 1 is 1.17 bits per heavy atom. The second-order valence-electron chi connectivity index (χ2n) is 5.76. The quantitative estimate of drug-likeness (QED) is 0.533. The first-order chi connectivity index (χ1) is 8.56. The van der Waals surface area contributed by atoms with Crippen LogP contribution in [0.4, 0.5) is 0 Å². The molecule has 1 unspecified atom stereocenters. The summed E-state index contributed by atoms with van der Waals surface area (Å²) < 4.78 is 6.16. The monoisotopic (exact) mass is 250 g/mol. The summed E-state index contributed by atoms with van der Waals surface area (Å²) in [6.07, 6.45) is 10.7. The summed E-state index contributed by atoms with van der Waals surface area (Å²) in [6, 6.07) is 0. The van der Waals surface area contributed by atoms with Crippen molar-refractivity contribution in [2.45, 2.75) is 72.3 Å². The van der Waals surface area contributed by atoms with Crippen LogP contribution in [0.15, 0.2) is 23.3 Å². The maximum atomic E-state index is 6.16. The molecule has 1 aliphatic rings. The van der Waals surface area contributed by atoms with E-state index in [1.807, 2.05) is 0 Å². The van der Waals surface area contributed by atoms with Crippen LogP contribution in [-0.4, -0.2) is 12.2 Å². The highest BCUT2D eigenvalue weighted by Crippen LogP contribution is 2.39. The fourth-order valence-corrected chi connectivity index (χ4v) is 2.90. The predicted octanol–water partition coefficient (Wildman–Crippen LogP) is 5.27. The lowest BCUT2D eigenvalue weighted by Crippen LogP contribution is -2.31. The van der Waals surface area contributed by atoms with Gasteiger partial charge in [-0.2, -0.15) is 0 Å². The van der Waals surface area contributed by atoms with Gasteiger partial charge in [0.1, 0.15) is 0 Å². The van der Waals surface area contributed by atoms with E-state index in [9.17, 15) is 0 Å². The van der Waals surface area contributed by atoms with Crippen LogP contribution in [0.1, 0.15) is 66.7 Å². The van der Waals surface area contributed by atoms with Crippen molar-refractivity contribution in [2.75, 3.05) is 6.61 Å². The third-order valence-corrected chi connectivity index (χ3v) is 3.84. The number of hydrogen-bond acceptors (Lipinski definition) is 1. The van der Waals surface area contributed by atoms with Gasteiger partial charge in [-0.05, 0) is 44.3 Å². The Balaban J connectivity index is 2.81. The van der Waals surface area contributed by atoms with Gasteiger partial charge in [-0.25, -0.2) is 0 Å². The zero-order valence-electron chi connectivity index (χ0n) is 12.9. The van der Waals surface area contributed by atoms with Crippen molar-refractivity contribution < 1.29 is 4.74 Å². The van der Waals surface area contributed by atoms with Gasteiger partial charge in [-0.1, -0.05) is 45.8 Å². The minimum absolute atomic E-state index is 0.107. The Morgan fingerprint density at radius 2 is 1.89 bits per heavy atom. The van der Waals surface area contributed by atoms with Gasteiger partial charge < -0.3 is 4.74 Å². The first kappa shape index (κ1) is 15.5. The molecule has 1 nitrogen and oxygen atoms in total. The Labute approximate surface area is 113 Å². The van der Waals surface area contributed by atoms with E-state index in [0.717, 1.165) is 19.4 Å².